The highest BCUT2D eigenvalue weighted by atomic mass is 32.2. The Balaban J connectivity index is 1.86. The van der Waals surface area contributed by atoms with Gasteiger partial charge in [0.25, 0.3) is 5.56 Å². The molecule has 2 aromatic heterocycles. The van der Waals surface area contributed by atoms with Crippen LogP contribution in [-0.4, -0.2) is 47.3 Å². The van der Waals surface area contributed by atoms with Crippen LogP contribution in [0.25, 0.3) is 5.65 Å². The minimum absolute atomic E-state index is 0.0234. The second-order valence-corrected chi connectivity index (χ2v) is 8.91. The summed E-state index contributed by atoms with van der Waals surface area (Å²) in [5.74, 6) is 0. The molecule has 130 valence electrons. The van der Waals surface area contributed by atoms with Crippen LogP contribution in [0.5, 0.6) is 0 Å². The maximum atomic E-state index is 12.2. The van der Waals surface area contributed by atoms with E-state index in [-0.39, 0.29) is 16.9 Å². The van der Waals surface area contributed by atoms with E-state index in [4.69, 9.17) is 0 Å². The molecule has 2 heterocycles. The van der Waals surface area contributed by atoms with E-state index in [9.17, 15) is 13.2 Å². The van der Waals surface area contributed by atoms with E-state index >= 15 is 0 Å². The van der Waals surface area contributed by atoms with Crippen LogP contribution in [0.1, 0.15) is 31.4 Å². The second kappa shape index (κ2) is 6.64. The van der Waals surface area contributed by atoms with Crippen molar-refractivity contribution in [1.29, 1.82) is 0 Å². The summed E-state index contributed by atoms with van der Waals surface area (Å²) in [7, 11) is -1.16. The zero-order valence-electron chi connectivity index (χ0n) is 14.1. The molecule has 0 N–H and O–H groups in total. The molecular weight excluding hydrogens is 326 g/mol. The van der Waals surface area contributed by atoms with Crippen molar-refractivity contribution in [3.05, 3.63) is 46.5 Å². The molecule has 1 fully saturated rings. The van der Waals surface area contributed by atoms with Crippen LogP contribution in [0, 0.1) is 0 Å². The molecule has 3 rings (SSSR count). The molecule has 2 atom stereocenters. The first-order valence-corrected chi connectivity index (χ1v) is 10.2. The fraction of sp³-hybridized carbons (Fsp3) is 0.529. The first-order chi connectivity index (χ1) is 11.4. The van der Waals surface area contributed by atoms with Crippen LogP contribution in [0.4, 0.5) is 0 Å². The minimum Gasteiger partial charge on any atom is -0.296 e. The summed E-state index contributed by atoms with van der Waals surface area (Å²) < 4.78 is 25.7. The third-order valence-electron chi connectivity index (χ3n) is 4.82. The van der Waals surface area contributed by atoms with Crippen LogP contribution in [0.15, 0.2) is 35.3 Å². The quantitative estimate of drug-likeness (QED) is 0.836. The lowest BCUT2D eigenvalue weighted by Gasteiger charge is -2.36. The van der Waals surface area contributed by atoms with E-state index in [0.717, 1.165) is 19.3 Å². The number of pyridine rings is 1. The summed E-state index contributed by atoms with van der Waals surface area (Å²) in [6, 6.07) is 6.94. The van der Waals surface area contributed by atoms with E-state index in [0.29, 0.717) is 24.3 Å². The zero-order valence-corrected chi connectivity index (χ0v) is 14.9. The minimum atomic E-state index is -3.08. The normalized spacial score (nSPS) is 22.1. The van der Waals surface area contributed by atoms with E-state index in [1.54, 1.807) is 18.3 Å². The lowest BCUT2D eigenvalue weighted by molar-refractivity contribution is 0.185. The summed E-state index contributed by atoms with van der Waals surface area (Å²) in [6.45, 7) is 0.470. The first kappa shape index (κ1) is 17.1. The van der Waals surface area contributed by atoms with Crippen molar-refractivity contribution >= 4 is 15.5 Å². The van der Waals surface area contributed by atoms with Gasteiger partial charge in [0, 0.05) is 31.1 Å². The standard InChI is InChI=1S/C17H23N3O3S/c1-19(14-7-3-4-8-15(14)24(2,22)23)12-13-11-17(21)20-10-6-5-9-16(20)18-13/h5-6,9-11,14-15H,3-4,7-8,12H2,1-2H3/t14-,15+/m0/s1. The van der Waals surface area contributed by atoms with Crippen molar-refractivity contribution in [2.24, 2.45) is 0 Å². The van der Waals surface area contributed by atoms with Crippen molar-refractivity contribution < 1.29 is 8.42 Å². The Hall–Kier alpha value is -1.73. The van der Waals surface area contributed by atoms with Crippen molar-refractivity contribution in [2.75, 3.05) is 13.3 Å². The molecule has 0 radical (unpaired) electrons. The van der Waals surface area contributed by atoms with Gasteiger partial charge in [0.1, 0.15) is 5.65 Å². The molecule has 0 unspecified atom stereocenters. The highest BCUT2D eigenvalue weighted by Gasteiger charge is 2.35. The van der Waals surface area contributed by atoms with Crippen molar-refractivity contribution in [3.8, 4) is 0 Å². The first-order valence-electron chi connectivity index (χ1n) is 8.23. The molecule has 1 aliphatic rings. The Morgan fingerprint density at radius 3 is 2.79 bits per heavy atom. The number of aromatic nitrogens is 2. The van der Waals surface area contributed by atoms with Gasteiger partial charge in [-0.3, -0.25) is 14.1 Å². The van der Waals surface area contributed by atoms with Gasteiger partial charge in [-0.05, 0) is 32.0 Å². The van der Waals surface area contributed by atoms with Gasteiger partial charge in [0.15, 0.2) is 9.84 Å². The van der Waals surface area contributed by atoms with Gasteiger partial charge in [-0.2, -0.15) is 0 Å². The fourth-order valence-electron chi connectivity index (χ4n) is 3.64. The zero-order chi connectivity index (χ0) is 17.3. The average Bonchev–Trinajstić information content (AvgIpc) is 2.54. The van der Waals surface area contributed by atoms with Gasteiger partial charge < -0.3 is 0 Å². The molecule has 0 aromatic carbocycles. The SMILES string of the molecule is CN(Cc1cc(=O)n2ccccc2n1)[C@H]1CCCC[C@H]1S(C)(=O)=O. The third-order valence-corrected chi connectivity index (χ3v) is 6.47. The molecule has 1 saturated carbocycles. The van der Waals surface area contributed by atoms with E-state index in [1.807, 2.05) is 18.0 Å². The number of fused-ring (bicyclic) bond motifs is 1. The maximum Gasteiger partial charge on any atom is 0.258 e. The lowest BCUT2D eigenvalue weighted by atomic mass is 9.94. The molecule has 0 aliphatic heterocycles. The molecule has 2 aromatic rings. The molecule has 7 heteroatoms. The predicted octanol–water partition coefficient (Wildman–Crippen LogP) is 1.48. The fourth-order valence-corrected chi connectivity index (χ4v) is 5.15. The lowest BCUT2D eigenvalue weighted by Crippen LogP contribution is -2.46. The summed E-state index contributed by atoms with van der Waals surface area (Å²) in [4.78, 5) is 18.8. The molecule has 6 nitrogen and oxygen atoms in total. The Labute approximate surface area is 142 Å². The van der Waals surface area contributed by atoms with Crippen LogP contribution in [0.3, 0.4) is 0 Å². The molecule has 0 spiro atoms. The molecule has 24 heavy (non-hydrogen) atoms. The van der Waals surface area contributed by atoms with E-state index in [2.05, 4.69) is 4.98 Å². The molecule has 1 aliphatic carbocycles. The molecule has 0 bridgehead atoms. The number of hydrogen-bond donors (Lipinski definition) is 0. The topological polar surface area (TPSA) is 71.8 Å². The van der Waals surface area contributed by atoms with Crippen LogP contribution >= 0.6 is 0 Å². The van der Waals surface area contributed by atoms with Crippen LogP contribution < -0.4 is 5.56 Å². The van der Waals surface area contributed by atoms with E-state index in [1.165, 1.54) is 16.7 Å². The van der Waals surface area contributed by atoms with Crippen molar-refractivity contribution in [3.63, 3.8) is 0 Å². The maximum absolute atomic E-state index is 12.2. The summed E-state index contributed by atoms with van der Waals surface area (Å²) in [6.07, 6.45) is 6.58. The Morgan fingerprint density at radius 2 is 2.04 bits per heavy atom. The van der Waals surface area contributed by atoms with Crippen LogP contribution in [0.2, 0.25) is 0 Å². The number of rotatable bonds is 4. The summed E-state index contributed by atoms with van der Waals surface area (Å²) >= 11 is 0. The van der Waals surface area contributed by atoms with Gasteiger partial charge >= 0.3 is 0 Å². The van der Waals surface area contributed by atoms with Gasteiger partial charge in [0.2, 0.25) is 0 Å². The Morgan fingerprint density at radius 1 is 1.29 bits per heavy atom. The Kier molecular flexibility index (Phi) is 4.73. The second-order valence-electron chi connectivity index (χ2n) is 6.65. The molecule has 0 amide bonds. The van der Waals surface area contributed by atoms with Gasteiger partial charge in [-0.25, -0.2) is 13.4 Å². The summed E-state index contributed by atoms with van der Waals surface area (Å²) in [5, 5.41) is -0.335. The smallest absolute Gasteiger partial charge is 0.258 e. The van der Waals surface area contributed by atoms with Gasteiger partial charge in [0.05, 0.1) is 10.9 Å². The predicted molar refractivity (Wildman–Crippen MR) is 93.8 cm³/mol. The highest BCUT2D eigenvalue weighted by molar-refractivity contribution is 7.91. The van der Waals surface area contributed by atoms with Crippen LogP contribution in [-0.2, 0) is 16.4 Å². The average molecular weight is 349 g/mol. The number of sulfone groups is 1. The van der Waals surface area contributed by atoms with Crippen molar-refractivity contribution in [1.82, 2.24) is 14.3 Å². The van der Waals surface area contributed by atoms with Crippen molar-refractivity contribution in [2.45, 2.75) is 43.5 Å². The third kappa shape index (κ3) is 3.52. The highest BCUT2D eigenvalue weighted by Crippen LogP contribution is 2.28. The van der Waals surface area contributed by atoms with Gasteiger partial charge in [-0.1, -0.05) is 18.9 Å². The molecule has 0 saturated heterocycles. The summed E-state index contributed by atoms with van der Waals surface area (Å²) in [5.41, 5.74) is 1.16. The largest absolute Gasteiger partial charge is 0.296 e. The van der Waals surface area contributed by atoms with Gasteiger partial charge in [-0.15, -0.1) is 0 Å². The molecular formula is C17H23N3O3S. The number of nitrogens with zero attached hydrogens (tertiary/aromatic N) is 3. The monoisotopic (exact) mass is 349 g/mol. The number of hydrogen-bond acceptors (Lipinski definition) is 5. The Bertz CT molecular complexity index is 891. The van der Waals surface area contributed by atoms with E-state index < -0.39 is 9.84 Å².